The summed E-state index contributed by atoms with van der Waals surface area (Å²) in [4.78, 5) is 21.4. The van der Waals surface area contributed by atoms with E-state index in [2.05, 4.69) is 37.3 Å². The molecule has 0 spiro atoms. The van der Waals surface area contributed by atoms with E-state index in [0.717, 1.165) is 27.7 Å². The highest BCUT2D eigenvalue weighted by Crippen LogP contribution is 2.24. The number of H-pyrrole nitrogens is 1. The van der Waals surface area contributed by atoms with Gasteiger partial charge in [0.15, 0.2) is 0 Å². The van der Waals surface area contributed by atoms with E-state index >= 15 is 0 Å². The van der Waals surface area contributed by atoms with Crippen LogP contribution in [-0.4, -0.2) is 30.6 Å². The van der Waals surface area contributed by atoms with Crippen molar-refractivity contribution in [1.29, 1.82) is 0 Å². The number of nitrogens with one attached hydrogen (secondary N) is 2. The molecule has 3 aromatic heterocycles. The third kappa shape index (κ3) is 4.40. The number of rotatable bonds is 4. The van der Waals surface area contributed by atoms with Gasteiger partial charge in [-0.05, 0) is 65.4 Å². The van der Waals surface area contributed by atoms with Crippen LogP contribution in [0.3, 0.4) is 0 Å². The Kier molecular flexibility index (Phi) is 5.81. The van der Waals surface area contributed by atoms with Gasteiger partial charge >= 0.3 is 0 Å². The van der Waals surface area contributed by atoms with Crippen LogP contribution in [0.25, 0.3) is 10.9 Å². The summed E-state index contributed by atoms with van der Waals surface area (Å²) in [7, 11) is 1.88. The molecule has 1 unspecified atom stereocenters. The van der Waals surface area contributed by atoms with Gasteiger partial charge in [0.05, 0.1) is 24.1 Å². The maximum absolute atomic E-state index is 13.2. The number of amides is 1. The van der Waals surface area contributed by atoms with Gasteiger partial charge in [-0.2, -0.15) is 5.10 Å². The summed E-state index contributed by atoms with van der Waals surface area (Å²) in [6.07, 6.45) is 6.80. The third-order valence-corrected chi connectivity index (χ3v) is 5.72. The Hall–Kier alpha value is -4.41. The van der Waals surface area contributed by atoms with E-state index in [4.69, 9.17) is 11.6 Å². The molecule has 0 saturated carbocycles. The highest BCUT2D eigenvalue weighted by atomic mass is 35.5. The molecule has 3 heterocycles. The SMILES string of the molecule is Cn1cncc1C#Cc1n[nH]c2cc(C(=O)NC(c3ccncc3)c3ccc(Cl)cc3)ccc12. The number of nitrogens with zero attached hydrogens (tertiary/aromatic N) is 4. The minimum absolute atomic E-state index is 0.212. The van der Waals surface area contributed by atoms with Crippen molar-refractivity contribution in [3.8, 4) is 11.8 Å². The number of carbonyl (C=O) groups excluding carboxylic acids is 1. The second kappa shape index (κ2) is 9.22. The molecule has 5 rings (SSSR count). The van der Waals surface area contributed by atoms with Gasteiger partial charge in [0.1, 0.15) is 11.4 Å². The number of aromatic amines is 1. The number of aromatic nitrogens is 5. The van der Waals surface area contributed by atoms with Crippen molar-refractivity contribution in [2.75, 3.05) is 0 Å². The van der Waals surface area contributed by atoms with Crippen LogP contribution in [0, 0.1) is 11.8 Å². The molecule has 166 valence electrons. The van der Waals surface area contributed by atoms with E-state index in [-0.39, 0.29) is 11.9 Å². The number of aryl methyl sites for hydroxylation is 1. The summed E-state index contributed by atoms with van der Waals surface area (Å²) in [6, 6.07) is 16.2. The van der Waals surface area contributed by atoms with E-state index in [1.54, 1.807) is 37.1 Å². The lowest BCUT2D eigenvalue weighted by atomic mass is 9.99. The first-order valence-corrected chi connectivity index (χ1v) is 10.9. The Morgan fingerprint density at radius 2 is 1.79 bits per heavy atom. The number of carbonyl (C=O) groups is 1. The van der Waals surface area contributed by atoms with E-state index in [1.807, 2.05) is 54.1 Å². The normalized spacial score (nSPS) is 11.6. The van der Waals surface area contributed by atoms with Crippen LogP contribution in [0.2, 0.25) is 5.02 Å². The molecule has 8 heteroatoms. The van der Waals surface area contributed by atoms with Crippen molar-refractivity contribution in [2.45, 2.75) is 6.04 Å². The Morgan fingerprint density at radius 3 is 2.53 bits per heavy atom. The maximum Gasteiger partial charge on any atom is 0.252 e. The lowest BCUT2D eigenvalue weighted by Gasteiger charge is -2.20. The van der Waals surface area contributed by atoms with Gasteiger partial charge in [0.2, 0.25) is 0 Å². The standard InChI is InChI=1S/C26H19ClN6O/c1-33-16-29-15-21(33)7-9-23-22-8-4-19(14-24(22)32-31-23)26(34)30-25(18-10-12-28-13-11-18)17-2-5-20(27)6-3-17/h2-6,8,10-16,25H,1H3,(H,30,34)(H,31,32). The molecule has 7 nitrogen and oxygen atoms in total. The van der Waals surface area contributed by atoms with Crippen LogP contribution >= 0.6 is 11.6 Å². The number of pyridine rings is 1. The second-order valence-electron chi connectivity index (χ2n) is 7.71. The number of imidazole rings is 1. The first-order chi connectivity index (χ1) is 16.6. The van der Waals surface area contributed by atoms with Crippen LogP contribution in [0.15, 0.2) is 79.5 Å². The molecule has 0 aliphatic rings. The largest absolute Gasteiger partial charge is 0.341 e. The number of halogens is 1. The molecular weight excluding hydrogens is 448 g/mol. The third-order valence-electron chi connectivity index (χ3n) is 5.47. The molecule has 0 radical (unpaired) electrons. The molecule has 1 amide bonds. The van der Waals surface area contributed by atoms with Gasteiger partial charge in [-0.15, -0.1) is 0 Å². The van der Waals surface area contributed by atoms with Crippen LogP contribution in [-0.2, 0) is 7.05 Å². The zero-order chi connectivity index (χ0) is 23.5. The molecule has 2 aromatic carbocycles. The minimum atomic E-state index is -0.356. The number of fused-ring (bicyclic) bond motifs is 1. The van der Waals surface area contributed by atoms with Crippen molar-refractivity contribution in [3.63, 3.8) is 0 Å². The molecular formula is C26H19ClN6O. The number of hydrogen-bond donors (Lipinski definition) is 2. The summed E-state index contributed by atoms with van der Waals surface area (Å²) < 4.78 is 1.84. The summed E-state index contributed by atoms with van der Waals surface area (Å²) >= 11 is 6.06. The molecule has 0 bridgehead atoms. The highest BCUT2D eigenvalue weighted by molar-refractivity contribution is 6.30. The molecule has 0 aliphatic heterocycles. The van der Waals surface area contributed by atoms with Crippen LogP contribution < -0.4 is 5.32 Å². The fraction of sp³-hybridized carbons (Fsp3) is 0.0769. The van der Waals surface area contributed by atoms with Gasteiger partial charge in [0, 0.05) is 35.4 Å². The van der Waals surface area contributed by atoms with Gasteiger partial charge in [0.25, 0.3) is 5.91 Å². The first-order valence-electron chi connectivity index (χ1n) is 10.5. The van der Waals surface area contributed by atoms with Gasteiger partial charge in [-0.25, -0.2) is 4.98 Å². The summed E-state index contributed by atoms with van der Waals surface area (Å²) in [5, 5.41) is 11.9. The van der Waals surface area contributed by atoms with Crippen LogP contribution in [0.4, 0.5) is 0 Å². The van der Waals surface area contributed by atoms with E-state index in [1.165, 1.54) is 0 Å². The Labute approximate surface area is 200 Å². The zero-order valence-electron chi connectivity index (χ0n) is 18.2. The van der Waals surface area contributed by atoms with Crippen molar-refractivity contribution >= 4 is 28.4 Å². The molecule has 34 heavy (non-hydrogen) atoms. The molecule has 1 atom stereocenters. The fourth-order valence-corrected chi connectivity index (χ4v) is 3.77. The van der Waals surface area contributed by atoms with Gasteiger partial charge < -0.3 is 9.88 Å². The van der Waals surface area contributed by atoms with Gasteiger partial charge in [-0.3, -0.25) is 14.9 Å². The predicted octanol–water partition coefficient (Wildman–Crippen LogP) is 4.26. The van der Waals surface area contributed by atoms with Crippen molar-refractivity contribution in [2.24, 2.45) is 7.05 Å². The molecule has 0 saturated heterocycles. The number of hydrogen-bond acceptors (Lipinski definition) is 4. The Morgan fingerprint density at radius 1 is 1.03 bits per heavy atom. The molecule has 0 aliphatic carbocycles. The van der Waals surface area contributed by atoms with Crippen molar-refractivity contribution in [1.82, 2.24) is 30.0 Å². The quantitative estimate of drug-likeness (QED) is 0.387. The lowest BCUT2D eigenvalue weighted by Crippen LogP contribution is -2.29. The number of benzene rings is 2. The average Bonchev–Trinajstić information content (AvgIpc) is 3.47. The Bertz CT molecular complexity index is 1530. The van der Waals surface area contributed by atoms with Gasteiger partial charge in [-0.1, -0.05) is 23.7 Å². The van der Waals surface area contributed by atoms with E-state index in [0.29, 0.717) is 16.3 Å². The first kappa shape index (κ1) is 21.4. The van der Waals surface area contributed by atoms with Crippen molar-refractivity contribution < 1.29 is 4.79 Å². The molecule has 0 fully saturated rings. The minimum Gasteiger partial charge on any atom is -0.341 e. The Balaban J connectivity index is 1.42. The van der Waals surface area contributed by atoms with Crippen LogP contribution in [0.1, 0.15) is 38.9 Å². The van der Waals surface area contributed by atoms with Crippen molar-refractivity contribution in [3.05, 3.63) is 113 Å². The monoisotopic (exact) mass is 466 g/mol. The summed E-state index contributed by atoms with van der Waals surface area (Å²) in [5.74, 6) is 5.92. The van der Waals surface area contributed by atoms with E-state index in [9.17, 15) is 4.79 Å². The zero-order valence-corrected chi connectivity index (χ0v) is 18.9. The fourth-order valence-electron chi connectivity index (χ4n) is 3.64. The highest BCUT2D eigenvalue weighted by Gasteiger charge is 2.19. The van der Waals surface area contributed by atoms with Crippen LogP contribution in [0.5, 0.6) is 0 Å². The maximum atomic E-state index is 13.2. The molecule has 2 N–H and O–H groups in total. The topological polar surface area (TPSA) is 88.5 Å². The summed E-state index contributed by atoms with van der Waals surface area (Å²) in [5.41, 5.74) is 4.47. The predicted molar refractivity (Wildman–Crippen MR) is 130 cm³/mol. The smallest absolute Gasteiger partial charge is 0.252 e. The lowest BCUT2D eigenvalue weighted by molar-refractivity contribution is 0.0943. The summed E-state index contributed by atoms with van der Waals surface area (Å²) in [6.45, 7) is 0. The molecule has 5 aromatic rings. The second-order valence-corrected chi connectivity index (χ2v) is 8.15. The average molecular weight is 467 g/mol. The van der Waals surface area contributed by atoms with E-state index < -0.39 is 0 Å².